The Morgan fingerprint density at radius 3 is 2.31 bits per heavy atom. The van der Waals surface area contributed by atoms with Gasteiger partial charge in [-0.3, -0.25) is 4.78 Å². The second-order valence-corrected chi connectivity index (χ2v) is 6.35. The van der Waals surface area contributed by atoms with Crippen LogP contribution in [0, 0.1) is 4.78 Å². The summed E-state index contributed by atoms with van der Waals surface area (Å²) in [4.78, 5) is 2.36. The van der Waals surface area contributed by atoms with Gasteiger partial charge in [0.25, 0.3) is 0 Å². The second kappa shape index (κ2) is 4.42. The predicted molar refractivity (Wildman–Crippen MR) is 56.5 cm³/mol. The number of nitrogens with zero attached hydrogens (tertiary/aromatic N) is 1. The van der Waals surface area contributed by atoms with E-state index in [2.05, 4.69) is 11.8 Å². The van der Waals surface area contributed by atoms with E-state index in [1.165, 1.54) is 0 Å². The topological polar surface area (TPSA) is 44.2 Å². The van der Waals surface area contributed by atoms with Gasteiger partial charge in [0.2, 0.25) is 0 Å². The van der Waals surface area contributed by atoms with Crippen molar-refractivity contribution in [3.63, 3.8) is 0 Å². The molecular formula is C9H20N2OS. The minimum atomic E-state index is -2.28. The van der Waals surface area contributed by atoms with E-state index in [-0.39, 0.29) is 5.25 Å². The second-order valence-electron chi connectivity index (χ2n) is 3.65. The molecule has 1 aliphatic rings. The van der Waals surface area contributed by atoms with Crippen molar-refractivity contribution < 1.29 is 4.21 Å². The van der Waals surface area contributed by atoms with Crippen molar-refractivity contribution in [1.29, 1.82) is 4.78 Å². The van der Waals surface area contributed by atoms with Crippen LogP contribution in [-0.4, -0.2) is 39.7 Å². The molecular weight excluding hydrogens is 184 g/mol. The molecule has 1 heterocycles. The summed E-state index contributed by atoms with van der Waals surface area (Å²) in [6, 6.07) is 0. The molecule has 1 rings (SSSR count). The number of likely N-dealkylation sites (tertiary alicyclic amines) is 1. The van der Waals surface area contributed by atoms with E-state index in [9.17, 15) is 4.21 Å². The summed E-state index contributed by atoms with van der Waals surface area (Å²) in [6.45, 7) is 7.14. The van der Waals surface area contributed by atoms with Gasteiger partial charge in [0.1, 0.15) is 0 Å². The highest BCUT2D eigenvalue weighted by Crippen LogP contribution is 2.18. The van der Waals surface area contributed by atoms with Crippen LogP contribution in [0.3, 0.4) is 0 Å². The van der Waals surface area contributed by atoms with E-state index >= 15 is 0 Å². The average Bonchev–Trinajstić information content (AvgIpc) is 2.18. The Morgan fingerprint density at radius 2 is 1.92 bits per heavy atom. The van der Waals surface area contributed by atoms with Crippen LogP contribution in [0.1, 0.15) is 26.7 Å². The van der Waals surface area contributed by atoms with Crippen LogP contribution in [0.15, 0.2) is 0 Å². The zero-order valence-corrected chi connectivity index (χ0v) is 9.40. The first-order valence-corrected chi connectivity index (χ1v) is 6.86. The number of rotatable bonds is 3. The summed E-state index contributed by atoms with van der Waals surface area (Å²) in [6.07, 6.45) is 1.90. The zero-order valence-electron chi connectivity index (χ0n) is 8.58. The summed E-state index contributed by atoms with van der Waals surface area (Å²) >= 11 is 0. The minimum Gasteiger partial charge on any atom is -0.304 e. The van der Waals surface area contributed by atoms with Crippen molar-refractivity contribution >= 4 is 9.73 Å². The van der Waals surface area contributed by atoms with Gasteiger partial charge in [-0.2, -0.15) is 0 Å². The van der Waals surface area contributed by atoms with Crippen LogP contribution in [-0.2, 0) is 9.73 Å². The fourth-order valence-corrected chi connectivity index (χ4v) is 3.29. The standard InChI is InChI=1S/C9H20N2OS/c1-3-11-7-5-9(6-8-11)13(10,12)4-2/h9-10H,3-8H2,1-2H3. The van der Waals surface area contributed by atoms with Crippen molar-refractivity contribution in [2.45, 2.75) is 31.9 Å². The highest BCUT2D eigenvalue weighted by Gasteiger charge is 2.25. The molecule has 0 bridgehead atoms. The molecule has 1 aliphatic heterocycles. The van der Waals surface area contributed by atoms with Gasteiger partial charge in [0, 0.05) is 20.7 Å². The van der Waals surface area contributed by atoms with Crippen LogP contribution >= 0.6 is 0 Å². The zero-order chi connectivity index (χ0) is 9.90. The van der Waals surface area contributed by atoms with Gasteiger partial charge in [0.15, 0.2) is 0 Å². The maximum Gasteiger partial charge on any atom is 0.0468 e. The summed E-state index contributed by atoms with van der Waals surface area (Å²) in [5.74, 6) is 0.518. The van der Waals surface area contributed by atoms with Gasteiger partial charge in [-0.15, -0.1) is 0 Å². The fourth-order valence-electron chi connectivity index (χ4n) is 1.84. The Labute approximate surface area is 81.5 Å². The molecule has 78 valence electrons. The Hall–Kier alpha value is -0.0900. The first-order valence-electron chi connectivity index (χ1n) is 5.07. The summed E-state index contributed by atoms with van der Waals surface area (Å²) in [5.41, 5.74) is 0. The van der Waals surface area contributed by atoms with Crippen LogP contribution < -0.4 is 0 Å². The average molecular weight is 204 g/mol. The Morgan fingerprint density at radius 1 is 1.38 bits per heavy atom. The van der Waals surface area contributed by atoms with Crippen molar-refractivity contribution in [1.82, 2.24) is 4.90 Å². The molecule has 4 heteroatoms. The van der Waals surface area contributed by atoms with Crippen molar-refractivity contribution in [2.24, 2.45) is 0 Å². The molecule has 1 fully saturated rings. The molecule has 0 saturated carbocycles. The smallest absolute Gasteiger partial charge is 0.0468 e. The minimum absolute atomic E-state index is 0.153. The third-order valence-corrected chi connectivity index (χ3v) is 5.36. The maximum atomic E-state index is 11.8. The fraction of sp³-hybridized carbons (Fsp3) is 1.00. The first-order chi connectivity index (χ1) is 6.10. The predicted octanol–water partition coefficient (Wildman–Crippen LogP) is 1.54. The van der Waals surface area contributed by atoms with Gasteiger partial charge < -0.3 is 4.90 Å². The van der Waals surface area contributed by atoms with Crippen LogP contribution in [0.4, 0.5) is 0 Å². The van der Waals surface area contributed by atoms with E-state index < -0.39 is 9.73 Å². The number of hydrogen-bond acceptors (Lipinski definition) is 3. The monoisotopic (exact) mass is 204 g/mol. The third-order valence-electron chi connectivity index (χ3n) is 2.95. The van der Waals surface area contributed by atoms with E-state index in [1.54, 1.807) is 0 Å². The molecule has 0 aliphatic carbocycles. The largest absolute Gasteiger partial charge is 0.304 e. The lowest BCUT2D eigenvalue weighted by atomic mass is 10.1. The van der Waals surface area contributed by atoms with Crippen LogP contribution in [0.25, 0.3) is 0 Å². The molecule has 1 N–H and O–H groups in total. The molecule has 1 atom stereocenters. The molecule has 0 aromatic rings. The Kier molecular flexibility index (Phi) is 3.74. The Bertz CT molecular complexity index is 240. The number of piperidine rings is 1. The molecule has 0 aromatic heterocycles. The lowest BCUT2D eigenvalue weighted by molar-refractivity contribution is 0.242. The van der Waals surface area contributed by atoms with Gasteiger partial charge in [-0.05, 0) is 32.5 Å². The van der Waals surface area contributed by atoms with E-state index in [0.717, 1.165) is 32.5 Å². The van der Waals surface area contributed by atoms with Crippen LogP contribution in [0.5, 0.6) is 0 Å². The van der Waals surface area contributed by atoms with Gasteiger partial charge in [0.05, 0.1) is 0 Å². The third kappa shape index (κ3) is 2.68. The summed E-state index contributed by atoms with van der Waals surface area (Å²) < 4.78 is 19.5. The van der Waals surface area contributed by atoms with Gasteiger partial charge >= 0.3 is 0 Å². The lowest BCUT2D eigenvalue weighted by Gasteiger charge is -2.31. The Balaban J connectivity index is 2.50. The van der Waals surface area contributed by atoms with E-state index in [1.807, 2.05) is 6.92 Å². The molecule has 1 unspecified atom stereocenters. The quantitative estimate of drug-likeness (QED) is 0.758. The molecule has 13 heavy (non-hydrogen) atoms. The normalized spacial score (nSPS) is 25.7. The molecule has 0 aromatic carbocycles. The number of nitrogens with one attached hydrogen (secondary N) is 1. The molecule has 3 nitrogen and oxygen atoms in total. The van der Waals surface area contributed by atoms with Crippen molar-refractivity contribution in [3.05, 3.63) is 0 Å². The molecule has 1 saturated heterocycles. The SMILES string of the molecule is CCN1CCC(S(=N)(=O)CC)CC1. The molecule has 0 amide bonds. The van der Waals surface area contributed by atoms with E-state index in [0.29, 0.717) is 5.75 Å². The molecule has 0 spiro atoms. The van der Waals surface area contributed by atoms with Gasteiger partial charge in [-0.25, -0.2) is 4.21 Å². The van der Waals surface area contributed by atoms with Crippen molar-refractivity contribution in [3.8, 4) is 0 Å². The van der Waals surface area contributed by atoms with E-state index in [4.69, 9.17) is 4.78 Å². The number of hydrogen-bond donors (Lipinski definition) is 1. The first kappa shape index (κ1) is 11.0. The van der Waals surface area contributed by atoms with Gasteiger partial charge in [-0.1, -0.05) is 13.8 Å². The molecule has 0 radical (unpaired) electrons. The lowest BCUT2D eigenvalue weighted by Crippen LogP contribution is -2.39. The summed E-state index contributed by atoms with van der Waals surface area (Å²) in [5, 5.41) is 0.153. The maximum absolute atomic E-state index is 11.8. The van der Waals surface area contributed by atoms with Crippen LogP contribution in [0.2, 0.25) is 0 Å². The highest BCUT2D eigenvalue weighted by atomic mass is 32.2. The summed E-state index contributed by atoms with van der Waals surface area (Å²) in [7, 11) is -2.28. The highest BCUT2D eigenvalue weighted by molar-refractivity contribution is 7.93. The van der Waals surface area contributed by atoms with Crippen molar-refractivity contribution in [2.75, 3.05) is 25.4 Å².